The van der Waals surface area contributed by atoms with Crippen molar-refractivity contribution in [1.82, 2.24) is 18.9 Å². The molecule has 1 aliphatic rings. The minimum atomic E-state index is -0.163. The zero-order valence-corrected chi connectivity index (χ0v) is 21.4. The lowest BCUT2D eigenvalue weighted by Gasteiger charge is -2.30. The molecular weight excluding hydrogens is 547 g/mol. The summed E-state index contributed by atoms with van der Waals surface area (Å²) >= 11 is 2.24. The highest BCUT2D eigenvalue weighted by Gasteiger charge is 2.19. The minimum Gasteiger partial charge on any atom is -0.378 e. The molecule has 1 aliphatic heterocycles. The third kappa shape index (κ3) is 3.90. The standard InChI is InChI=1S/C24H25IN6O3/c1-15-18(23(32)31(27-15)17-6-4-16(25)5-7-17)14-26-19-12-21-22(29(3)24(33)28(21)2)13-20(19)30-8-10-34-11-9-30/h4-7,12-14,27H,8-11H2,1-3H3. The number of hydrogen-bond acceptors (Lipinski definition) is 5. The van der Waals surface area contributed by atoms with Gasteiger partial charge in [-0.05, 0) is 65.9 Å². The lowest BCUT2D eigenvalue weighted by atomic mass is 10.2. The second-order valence-corrected chi connectivity index (χ2v) is 9.60. The number of morpholine rings is 1. The van der Waals surface area contributed by atoms with Crippen molar-refractivity contribution < 1.29 is 4.74 Å². The molecule has 2 aromatic heterocycles. The Balaban J connectivity index is 1.61. The van der Waals surface area contributed by atoms with Crippen molar-refractivity contribution in [3.63, 3.8) is 0 Å². The van der Waals surface area contributed by atoms with E-state index in [4.69, 9.17) is 9.73 Å². The van der Waals surface area contributed by atoms with Gasteiger partial charge in [0.25, 0.3) is 5.56 Å². The van der Waals surface area contributed by atoms with E-state index in [-0.39, 0.29) is 11.2 Å². The van der Waals surface area contributed by atoms with Crippen LogP contribution in [0.25, 0.3) is 16.7 Å². The van der Waals surface area contributed by atoms with Gasteiger partial charge in [-0.3, -0.25) is 24.0 Å². The van der Waals surface area contributed by atoms with Crippen molar-refractivity contribution in [1.29, 1.82) is 0 Å². The number of rotatable bonds is 4. The van der Waals surface area contributed by atoms with Crippen molar-refractivity contribution >= 4 is 51.2 Å². The highest BCUT2D eigenvalue weighted by molar-refractivity contribution is 14.1. The molecule has 0 saturated carbocycles. The second-order valence-electron chi connectivity index (χ2n) is 8.36. The van der Waals surface area contributed by atoms with Crippen molar-refractivity contribution in [2.24, 2.45) is 19.1 Å². The molecule has 0 unspecified atom stereocenters. The highest BCUT2D eigenvalue weighted by atomic mass is 127. The molecule has 0 radical (unpaired) electrons. The summed E-state index contributed by atoms with van der Waals surface area (Å²) in [7, 11) is 3.52. The number of H-pyrrole nitrogens is 1. The number of benzene rings is 2. The molecule has 0 bridgehead atoms. The number of aliphatic imine (C=N–C) groups is 1. The van der Waals surface area contributed by atoms with Gasteiger partial charge in [-0.2, -0.15) is 0 Å². The molecule has 34 heavy (non-hydrogen) atoms. The first-order valence-electron chi connectivity index (χ1n) is 11.0. The Hall–Kier alpha value is -3.12. The Morgan fingerprint density at radius 2 is 1.68 bits per heavy atom. The molecule has 176 valence electrons. The van der Waals surface area contributed by atoms with E-state index in [1.54, 1.807) is 29.4 Å². The van der Waals surface area contributed by atoms with Gasteiger partial charge in [-0.25, -0.2) is 9.48 Å². The van der Waals surface area contributed by atoms with Crippen LogP contribution in [-0.2, 0) is 18.8 Å². The van der Waals surface area contributed by atoms with E-state index in [0.717, 1.165) is 44.8 Å². The van der Waals surface area contributed by atoms with Crippen molar-refractivity contribution in [2.75, 3.05) is 31.2 Å². The Kier molecular flexibility index (Phi) is 5.94. The normalized spacial score (nSPS) is 14.5. The van der Waals surface area contributed by atoms with E-state index < -0.39 is 0 Å². The molecule has 0 spiro atoms. The summed E-state index contributed by atoms with van der Waals surface area (Å²) in [6.45, 7) is 4.59. The Bertz CT molecular complexity index is 1520. The number of aromatic amines is 1. The van der Waals surface area contributed by atoms with Crippen molar-refractivity contribution in [2.45, 2.75) is 6.92 Å². The van der Waals surface area contributed by atoms with E-state index in [9.17, 15) is 9.59 Å². The van der Waals surface area contributed by atoms with Gasteiger partial charge in [0.15, 0.2) is 0 Å². The first kappa shape index (κ1) is 22.7. The molecule has 10 heteroatoms. The number of aryl methyl sites for hydroxylation is 3. The molecule has 1 fully saturated rings. The highest BCUT2D eigenvalue weighted by Crippen LogP contribution is 2.33. The quantitative estimate of drug-likeness (QED) is 0.301. The zero-order chi connectivity index (χ0) is 24.0. The first-order chi connectivity index (χ1) is 16.3. The smallest absolute Gasteiger partial charge is 0.328 e. The molecule has 5 rings (SSSR count). The maximum absolute atomic E-state index is 13.2. The van der Waals surface area contributed by atoms with Crippen LogP contribution >= 0.6 is 22.6 Å². The number of halogens is 1. The summed E-state index contributed by atoms with van der Waals surface area (Å²) in [4.78, 5) is 32.6. The molecule has 1 saturated heterocycles. The van der Waals surface area contributed by atoms with Crippen molar-refractivity contribution in [3.05, 3.63) is 72.1 Å². The van der Waals surface area contributed by atoms with Crippen LogP contribution in [0, 0.1) is 10.5 Å². The van der Waals surface area contributed by atoms with Crippen LogP contribution in [0.3, 0.4) is 0 Å². The van der Waals surface area contributed by atoms with Gasteiger partial charge in [0, 0.05) is 42.7 Å². The van der Waals surface area contributed by atoms with Crippen LogP contribution in [0.15, 0.2) is 51.0 Å². The third-order valence-corrected chi connectivity index (χ3v) is 6.97. The van der Waals surface area contributed by atoms with Gasteiger partial charge in [0.05, 0.1) is 46.9 Å². The van der Waals surface area contributed by atoms with E-state index in [1.165, 1.54) is 4.68 Å². The fraction of sp³-hybridized carbons (Fsp3) is 0.292. The summed E-state index contributed by atoms with van der Waals surface area (Å²) in [5, 5.41) is 3.15. The van der Waals surface area contributed by atoms with Crippen LogP contribution in [0.2, 0.25) is 0 Å². The monoisotopic (exact) mass is 572 g/mol. The van der Waals surface area contributed by atoms with Gasteiger partial charge >= 0.3 is 5.69 Å². The molecule has 0 amide bonds. The maximum atomic E-state index is 13.2. The lowest BCUT2D eigenvalue weighted by molar-refractivity contribution is 0.123. The average Bonchev–Trinajstić information content (AvgIpc) is 3.25. The molecular formula is C24H25IN6O3. The van der Waals surface area contributed by atoms with Crippen LogP contribution in [-0.4, -0.2) is 51.4 Å². The Morgan fingerprint density at radius 1 is 1.03 bits per heavy atom. The third-order valence-electron chi connectivity index (χ3n) is 6.25. The van der Waals surface area contributed by atoms with Gasteiger partial charge < -0.3 is 9.64 Å². The number of aromatic nitrogens is 4. The SMILES string of the molecule is Cc1[nH]n(-c2ccc(I)cc2)c(=O)c1C=Nc1cc2c(cc1N1CCOCC1)n(C)c(=O)n2C. The molecule has 1 N–H and O–H groups in total. The van der Waals surface area contributed by atoms with Crippen LogP contribution < -0.4 is 16.1 Å². The maximum Gasteiger partial charge on any atom is 0.328 e. The molecule has 2 aromatic carbocycles. The van der Waals surface area contributed by atoms with Crippen LogP contribution in [0.1, 0.15) is 11.3 Å². The number of ether oxygens (including phenoxy) is 1. The number of nitrogens with one attached hydrogen (secondary N) is 1. The predicted molar refractivity (Wildman–Crippen MR) is 142 cm³/mol. The van der Waals surface area contributed by atoms with Crippen LogP contribution in [0.5, 0.6) is 0 Å². The summed E-state index contributed by atoms with van der Waals surface area (Å²) in [5.41, 5.74) is 4.99. The topological polar surface area (TPSA) is 89.6 Å². The molecule has 4 aromatic rings. The predicted octanol–water partition coefficient (Wildman–Crippen LogP) is 2.86. The van der Waals surface area contributed by atoms with Gasteiger partial charge in [0.2, 0.25) is 0 Å². The molecule has 3 heterocycles. The molecule has 0 aliphatic carbocycles. The minimum absolute atomic E-state index is 0.0917. The summed E-state index contributed by atoms with van der Waals surface area (Å²) in [6, 6.07) is 11.6. The van der Waals surface area contributed by atoms with Gasteiger partial charge in [-0.1, -0.05) is 0 Å². The number of imidazole rings is 1. The summed E-state index contributed by atoms with van der Waals surface area (Å²) < 4.78 is 11.4. The largest absolute Gasteiger partial charge is 0.378 e. The molecule has 9 nitrogen and oxygen atoms in total. The number of nitrogens with zero attached hydrogens (tertiary/aromatic N) is 5. The van der Waals surface area contributed by atoms with E-state index >= 15 is 0 Å². The summed E-state index contributed by atoms with van der Waals surface area (Å²) in [5.74, 6) is 0. The van der Waals surface area contributed by atoms with Crippen LogP contribution in [0.4, 0.5) is 11.4 Å². The fourth-order valence-corrected chi connectivity index (χ4v) is 4.66. The average molecular weight is 572 g/mol. The van der Waals surface area contributed by atoms with E-state index in [1.807, 2.05) is 43.3 Å². The second kappa shape index (κ2) is 8.91. The van der Waals surface area contributed by atoms with E-state index in [2.05, 4.69) is 32.6 Å². The molecule has 0 atom stereocenters. The summed E-state index contributed by atoms with van der Waals surface area (Å²) in [6.07, 6.45) is 1.61. The Morgan fingerprint density at radius 3 is 2.35 bits per heavy atom. The van der Waals surface area contributed by atoms with Gasteiger partial charge in [-0.15, -0.1) is 0 Å². The van der Waals surface area contributed by atoms with Crippen molar-refractivity contribution in [3.8, 4) is 5.69 Å². The lowest BCUT2D eigenvalue weighted by Crippen LogP contribution is -2.36. The number of hydrogen-bond donors (Lipinski definition) is 1. The van der Waals surface area contributed by atoms with Gasteiger partial charge in [0.1, 0.15) is 0 Å². The zero-order valence-electron chi connectivity index (χ0n) is 19.2. The fourth-order valence-electron chi connectivity index (χ4n) is 4.30. The number of fused-ring (bicyclic) bond motifs is 1. The first-order valence-corrected chi connectivity index (χ1v) is 12.1. The number of anilines is 1. The van der Waals surface area contributed by atoms with E-state index in [0.29, 0.717) is 24.5 Å². The Labute approximate surface area is 209 Å².